The smallest absolute Gasteiger partial charge is 0.311 e. The predicted molar refractivity (Wildman–Crippen MR) is 86.2 cm³/mol. The average Bonchev–Trinajstić information content (AvgIpc) is 3.11. The van der Waals surface area contributed by atoms with Crippen LogP contribution >= 0.6 is 0 Å². The molecule has 2 N–H and O–H groups in total. The van der Waals surface area contributed by atoms with Crippen LogP contribution in [-0.2, 0) is 4.79 Å². The van der Waals surface area contributed by atoms with Crippen molar-refractivity contribution in [2.75, 3.05) is 26.2 Å². The standard InChI is InChI=1S/C17H25N3O3/c1-12(2)20-10-13-9-19(15(21)14-5-3-7-18-14)8-4-6-17(13,11-20)16(22)23/h3,5,7,12-13,18H,4,6,8-11H2,1-2H3,(H,22,23)/t13-,17-/m1/s1. The van der Waals surface area contributed by atoms with Gasteiger partial charge in [0, 0.05) is 44.3 Å². The fraction of sp³-hybridized carbons (Fsp3) is 0.647. The molecule has 0 bridgehead atoms. The Labute approximate surface area is 136 Å². The number of carboxylic acids is 1. The Hall–Kier alpha value is -1.82. The van der Waals surface area contributed by atoms with Gasteiger partial charge >= 0.3 is 5.97 Å². The summed E-state index contributed by atoms with van der Waals surface area (Å²) < 4.78 is 0. The van der Waals surface area contributed by atoms with Crippen molar-refractivity contribution in [1.82, 2.24) is 14.8 Å². The number of hydrogen-bond acceptors (Lipinski definition) is 3. The molecule has 2 saturated heterocycles. The molecule has 6 nitrogen and oxygen atoms in total. The molecule has 0 saturated carbocycles. The fourth-order valence-corrected chi connectivity index (χ4v) is 4.03. The molecule has 0 spiro atoms. The van der Waals surface area contributed by atoms with Gasteiger partial charge in [-0.25, -0.2) is 0 Å². The molecule has 126 valence electrons. The highest BCUT2D eigenvalue weighted by atomic mass is 16.4. The third kappa shape index (κ3) is 2.76. The number of rotatable bonds is 3. The van der Waals surface area contributed by atoms with Crippen LogP contribution in [-0.4, -0.2) is 64.0 Å². The molecule has 1 aromatic heterocycles. The Morgan fingerprint density at radius 2 is 2.17 bits per heavy atom. The third-order valence-corrected chi connectivity index (χ3v) is 5.49. The van der Waals surface area contributed by atoms with Crippen molar-refractivity contribution in [2.45, 2.75) is 32.7 Å². The normalized spacial score (nSPS) is 28.7. The van der Waals surface area contributed by atoms with Gasteiger partial charge in [0.05, 0.1) is 5.41 Å². The number of likely N-dealkylation sites (tertiary alicyclic amines) is 2. The molecular weight excluding hydrogens is 294 g/mol. The Kier molecular flexibility index (Phi) is 4.19. The summed E-state index contributed by atoms with van der Waals surface area (Å²) in [6, 6.07) is 3.90. The lowest BCUT2D eigenvalue weighted by atomic mass is 9.75. The zero-order chi connectivity index (χ0) is 16.6. The van der Waals surface area contributed by atoms with Crippen molar-refractivity contribution in [3.8, 4) is 0 Å². The molecule has 0 aromatic carbocycles. The Morgan fingerprint density at radius 3 is 2.78 bits per heavy atom. The van der Waals surface area contributed by atoms with Crippen molar-refractivity contribution >= 4 is 11.9 Å². The number of carboxylic acid groups (broad SMARTS) is 1. The van der Waals surface area contributed by atoms with Crippen molar-refractivity contribution < 1.29 is 14.7 Å². The first-order valence-electron chi connectivity index (χ1n) is 8.34. The van der Waals surface area contributed by atoms with Crippen LogP contribution in [0.2, 0.25) is 0 Å². The van der Waals surface area contributed by atoms with Crippen LogP contribution in [0.5, 0.6) is 0 Å². The molecule has 23 heavy (non-hydrogen) atoms. The average molecular weight is 319 g/mol. The van der Waals surface area contributed by atoms with Crippen LogP contribution in [0.1, 0.15) is 37.2 Å². The zero-order valence-corrected chi connectivity index (χ0v) is 13.8. The minimum Gasteiger partial charge on any atom is -0.481 e. The molecule has 2 fully saturated rings. The van der Waals surface area contributed by atoms with E-state index in [1.165, 1.54) is 0 Å². The second kappa shape index (κ2) is 6.00. The van der Waals surface area contributed by atoms with E-state index in [0.29, 0.717) is 37.8 Å². The highest BCUT2D eigenvalue weighted by Crippen LogP contribution is 2.43. The summed E-state index contributed by atoms with van der Waals surface area (Å²) in [6.45, 7) is 6.69. The van der Waals surface area contributed by atoms with Crippen LogP contribution in [0.15, 0.2) is 18.3 Å². The molecule has 0 unspecified atom stereocenters. The van der Waals surface area contributed by atoms with Gasteiger partial charge in [0.1, 0.15) is 5.69 Å². The number of hydrogen-bond donors (Lipinski definition) is 2. The first-order valence-corrected chi connectivity index (χ1v) is 8.34. The van der Waals surface area contributed by atoms with Crippen LogP contribution < -0.4 is 0 Å². The maximum atomic E-state index is 12.6. The topological polar surface area (TPSA) is 76.6 Å². The Bertz CT molecular complexity index is 584. The number of aromatic nitrogens is 1. The molecule has 3 rings (SSSR count). The quantitative estimate of drug-likeness (QED) is 0.888. The molecule has 6 heteroatoms. The molecular formula is C17H25N3O3. The number of fused-ring (bicyclic) bond motifs is 1. The van der Waals surface area contributed by atoms with Gasteiger partial charge in [-0.1, -0.05) is 0 Å². The van der Waals surface area contributed by atoms with Crippen molar-refractivity contribution in [3.63, 3.8) is 0 Å². The lowest BCUT2D eigenvalue weighted by Gasteiger charge is -2.29. The van der Waals surface area contributed by atoms with Gasteiger partial charge in [0.25, 0.3) is 5.91 Å². The molecule has 2 aliphatic rings. The summed E-state index contributed by atoms with van der Waals surface area (Å²) in [7, 11) is 0. The van der Waals surface area contributed by atoms with Crippen LogP contribution in [0.3, 0.4) is 0 Å². The number of aliphatic carboxylic acids is 1. The summed E-state index contributed by atoms with van der Waals surface area (Å²) in [6.07, 6.45) is 3.12. The number of nitrogens with one attached hydrogen (secondary N) is 1. The molecule has 3 heterocycles. The Balaban J connectivity index is 1.84. The number of carbonyl (C=O) groups excluding carboxylic acids is 1. The molecule has 1 amide bonds. The molecule has 2 aliphatic heterocycles. The highest BCUT2D eigenvalue weighted by Gasteiger charge is 2.54. The SMILES string of the molecule is CC(C)N1C[C@H]2CN(C(=O)c3ccc[nH]3)CCC[C@@]2(C(=O)O)C1. The summed E-state index contributed by atoms with van der Waals surface area (Å²) in [5.74, 6) is -0.747. The number of nitrogens with zero attached hydrogens (tertiary/aromatic N) is 2. The third-order valence-electron chi connectivity index (χ3n) is 5.49. The van der Waals surface area contributed by atoms with E-state index >= 15 is 0 Å². The van der Waals surface area contributed by atoms with E-state index in [9.17, 15) is 14.7 Å². The van der Waals surface area contributed by atoms with Gasteiger partial charge in [-0.05, 0) is 38.8 Å². The monoisotopic (exact) mass is 319 g/mol. The minimum atomic E-state index is -0.713. The van der Waals surface area contributed by atoms with Crippen molar-refractivity contribution in [2.24, 2.45) is 11.3 Å². The highest BCUT2D eigenvalue weighted by molar-refractivity contribution is 5.92. The van der Waals surface area contributed by atoms with Crippen LogP contribution in [0.25, 0.3) is 0 Å². The maximum Gasteiger partial charge on any atom is 0.311 e. The number of carbonyl (C=O) groups is 2. The summed E-state index contributed by atoms with van der Waals surface area (Å²) in [5, 5.41) is 9.90. The largest absolute Gasteiger partial charge is 0.481 e. The van der Waals surface area contributed by atoms with E-state index in [2.05, 4.69) is 23.7 Å². The second-order valence-corrected chi connectivity index (χ2v) is 7.12. The molecule has 2 atom stereocenters. The minimum absolute atomic E-state index is 0.0104. The number of amides is 1. The summed E-state index contributed by atoms with van der Waals surface area (Å²) in [4.78, 5) is 31.7. The molecule has 0 aliphatic carbocycles. The second-order valence-electron chi connectivity index (χ2n) is 7.12. The molecule has 1 aromatic rings. The van der Waals surface area contributed by atoms with Crippen molar-refractivity contribution in [3.05, 3.63) is 24.0 Å². The van der Waals surface area contributed by atoms with Crippen LogP contribution in [0.4, 0.5) is 0 Å². The van der Waals surface area contributed by atoms with E-state index in [4.69, 9.17) is 0 Å². The van der Waals surface area contributed by atoms with Gasteiger partial charge < -0.3 is 15.0 Å². The van der Waals surface area contributed by atoms with Gasteiger partial charge in [-0.15, -0.1) is 0 Å². The zero-order valence-electron chi connectivity index (χ0n) is 13.8. The molecule has 0 radical (unpaired) electrons. The van der Waals surface area contributed by atoms with Gasteiger partial charge in [-0.3, -0.25) is 14.5 Å². The van der Waals surface area contributed by atoms with E-state index < -0.39 is 11.4 Å². The van der Waals surface area contributed by atoms with Gasteiger partial charge in [-0.2, -0.15) is 0 Å². The Morgan fingerprint density at radius 1 is 1.39 bits per heavy atom. The first kappa shape index (κ1) is 16.1. The number of H-pyrrole nitrogens is 1. The van der Waals surface area contributed by atoms with E-state index in [0.717, 1.165) is 13.0 Å². The predicted octanol–water partition coefficient (Wildman–Crippen LogP) is 1.66. The van der Waals surface area contributed by atoms with Gasteiger partial charge in [0.2, 0.25) is 0 Å². The number of aromatic amines is 1. The van der Waals surface area contributed by atoms with Gasteiger partial charge in [0.15, 0.2) is 0 Å². The first-order chi connectivity index (χ1) is 10.9. The van der Waals surface area contributed by atoms with E-state index in [-0.39, 0.29) is 11.8 Å². The fourth-order valence-electron chi connectivity index (χ4n) is 4.03. The maximum absolute atomic E-state index is 12.6. The van der Waals surface area contributed by atoms with E-state index in [1.807, 2.05) is 11.0 Å². The summed E-state index contributed by atoms with van der Waals surface area (Å²) >= 11 is 0. The van der Waals surface area contributed by atoms with Crippen LogP contribution in [0, 0.1) is 11.3 Å². The lowest BCUT2D eigenvalue weighted by molar-refractivity contribution is -0.151. The summed E-state index contributed by atoms with van der Waals surface area (Å²) in [5.41, 5.74) is -0.138. The van der Waals surface area contributed by atoms with Crippen molar-refractivity contribution in [1.29, 1.82) is 0 Å². The van der Waals surface area contributed by atoms with E-state index in [1.54, 1.807) is 12.3 Å². The lowest BCUT2D eigenvalue weighted by Crippen LogP contribution is -2.42.